The highest BCUT2D eigenvalue weighted by atomic mass is 32.2. The van der Waals surface area contributed by atoms with Gasteiger partial charge in [0.05, 0.1) is 28.3 Å². The Balaban J connectivity index is 1.51. The third-order valence-corrected chi connectivity index (χ3v) is 8.40. The zero-order valence-electron chi connectivity index (χ0n) is 20.8. The van der Waals surface area contributed by atoms with Gasteiger partial charge < -0.3 is 5.32 Å². The Bertz CT molecular complexity index is 1440. The Morgan fingerprint density at radius 1 is 1.11 bits per heavy atom. The molecule has 0 saturated heterocycles. The number of aromatic nitrogens is 2. The van der Waals surface area contributed by atoms with E-state index < -0.39 is 17.6 Å². The highest BCUT2D eigenvalue weighted by molar-refractivity contribution is 7.99. The normalized spacial score (nSPS) is 16.0. The molecule has 0 atom stereocenters. The van der Waals surface area contributed by atoms with Crippen molar-refractivity contribution in [1.82, 2.24) is 9.55 Å². The SMILES string of the molecule is C=CCn1c(SCC(=O)Nc2ccccc2C(F)(F)F)nc2c(c1=O)C1(CCCCC1)Cc1ccccc1-2. The average Bonchev–Trinajstić information content (AvgIpc) is 2.89. The number of hydrogen-bond acceptors (Lipinski definition) is 4. The number of amides is 1. The van der Waals surface area contributed by atoms with Gasteiger partial charge in [-0.05, 0) is 37.0 Å². The Labute approximate surface area is 223 Å². The summed E-state index contributed by atoms with van der Waals surface area (Å²) in [7, 11) is 0. The van der Waals surface area contributed by atoms with Crippen LogP contribution in [-0.4, -0.2) is 21.2 Å². The van der Waals surface area contributed by atoms with Gasteiger partial charge >= 0.3 is 6.18 Å². The van der Waals surface area contributed by atoms with Gasteiger partial charge in [-0.3, -0.25) is 14.2 Å². The number of rotatable bonds is 6. The molecule has 5 nitrogen and oxygen atoms in total. The van der Waals surface area contributed by atoms with Gasteiger partial charge in [-0.2, -0.15) is 13.2 Å². The molecule has 9 heteroatoms. The lowest BCUT2D eigenvalue weighted by molar-refractivity contribution is -0.137. The standard InChI is InChI=1S/C29H28F3N3O2S/c1-2-16-35-26(37)24-25(20-11-5-4-10-19(20)17-28(24)14-8-3-9-15-28)34-27(35)38-18-23(36)33-22-13-7-6-12-21(22)29(30,31)32/h2,4-7,10-13H,1,3,8-9,14-18H2,(H,33,36). The molecule has 1 saturated carbocycles. The monoisotopic (exact) mass is 539 g/mol. The third kappa shape index (κ3) is 4.91. The third-order valence-electron chi connectivity index (χ3n) is 7.43. The summed E-state index contributed by atoms with van der Waals surface area (Å²) in [6.45, 7) is 4.01. The Hall–Kier alpha value is -3.33. The molecule has 2 aromatic carbocycles. The zero-order valence-corrected chi connectivity index (χ0v) is 21.6. The van der Waals surface area contributed by atoms with Crippen molar-refractivity contribution >= 4 is 23.4 Å². The average molecular weight is 540 g/mol. The van der Waals surface area contributed by atoms with Crippen molar-refractivity contribution in [3.63, 3.8) is 0 Å². The lowest BCUT2D eigenvalue weighted by Crippen LogP contribution is -2.43. The van der Waals surface area contributed by atoms with E-state index in [0.717, 1.165) is 73.0 Å². The number of allylic oxidation sites excluding steroid dienone is 1. The van der Waals surface area contributed by atoms with Crippen molar-refractivity contribution < 1.29 is 18.0 Å². The minimum atomic E-state index is -4.59. The Morgan fingerprint density at radius 2 is 1.82 bits per heavy atom. The smallest absolute Gasteiger partial charge is 0.325 e. The lowest BCUT2D eigenvalue weighted by atomic mass is 9.62. The molecule has 0 radical (unpaired) electrons. The minimum Gasteiger partial charge on any atom is -0.325 e. The number of alkyl halides is 3. The van der Waals surface area contributed by atoms with Gasteiger partial charge in [0.25, 0.3) is 5.56 Å². The number of benzene rings is 2. The quantitative estimate of drug-likeness (QED) is 0.218. The number of anilines is 1. The highest BCUT2D eigenvalue weighted by Crippen LogP contribution is 2.48. The number of carbonyl (C=O) groups is 1. The summed E-state index contributed by atoms with van der Waals surface area (Å²) in [5.74, 6) is -0.825. The van der Waals surface area contributed by atoms with E-state index in [9.17, 15) is 22.8 Å². The molecule has 5 rings (SSSR count). The first-order chi connectivity index (χ1) is 18.2. The first kappa shape index (κ1) is 26.3. The van der Waals surface area contributed by atoms with Gasteiger partial charge in [-0.1, -0.05) is 73.5 Å². The Kier molecular flexibility index (Phi) is 7.22. The van der Waals surface area contributed by atoms with Crippen LogP contribution in [0, 0.1) is 0 Å². The molecule has 2 aliphatic carbocycles. The fourth-order valence-corrected chi connectivity index (χ4v) is 6.58. The molecular formula is C29H28F3N3O2S. The van der Waals surface area contributed by atoms with E-state index in [1.807, 2.05) is 18.2 Å². The van der Waals surface area contributed by atoms with E-state index in [-0.39, 0.29) is 29.0 Å². The number of nitrogens with one attached hydrogen (secondary N) is 1. The molecule has 1 fully saturated rings. The molecule has 0 unspecified atom stereocenters. The lowest BCUT2D eigenvalue weighted by Gasteiger charge is -2.42. The maximum atomic E-state index is 14.0. The van der Waals surface area contributed by atoms with Crippen LogP contribution in [0.25, 0.3) is 11.3 Å². The van der Waals surface area contributed by atoms with Gasteiger partial charge in [-0.25, -0.2) is 4.98 Å². The summed E-state index contributed by atoms with van der Waals surface area (Å²) in [6.07, 6.45) is 2.92. The molecule has 1 heterocycles. The van der Waals surface area contributed by atoms with Crippen molar-refractivity contribution in [2.45, 2.75) is 61.8 Å². The molecule has 0 aliphatic heterocycles. The van der Waals surface area contributed by atoms with Crippen molar-refractivity contribution in [3.05, 3.63) is 88.2 Å². The molecule has 198 valence electrons. The zero-order chi connectivity index (χ0) is 26.9. The fourth-order valence-electron chi connectivity index (χ4n) is 5.78. The fraction of sp³-hybridized carbons (Fsp3) is 0.345. The molecule has 1 N–H and O–H groups in total. The van der Waals surface area contributed by atoms with Gasteiger partial charge in [0.15, 0.2) is 5.16 Å². The molecule has 1 aromatic heterocycles. The highest BCUT2D eigenvalue weighted by Gasteiger charge is 2.43. The number of thioether (sulfide) groups is 1. The summed E-state index contributed by atoms with van der Waals surface area (Å²) in [5.41, 5.74) is 1.87. The molecule has 2 aliphatic rings. The van der Waals surface area contributed by atoms with Gasteiger partial charge in [-0.15, -0.1) is 6.58 Å². The van der Waals surface area contributed by atoms with Crippen LogP contribution in [-0.2, 0) is 29.4 Å². The van der Waals surface area contributed by atoms with Gasteiger partial charge in [0.1, 0.15) is 0 Å². The van der Waals surface area contributed by atoms with Crippen LogP contribution in [0.4, 0.5) is 18.9 Å². The predicted octanol–water partition coefficient (Wildman–Crippen LogP) is 6.60. The second-order valence-electron chi connectivity index (χ2n) is 9.88. The van der Waals surface area contributed by atoms with Crippen LogP contribution < -0.4 is 10.9 Å². The molecule has 1 spiro atoms. The van der Waals surface area contributed by atoms with Crippen LogP contribution in [0.5, 0.6) is 0 Å². The number of nitrogens with zero attached hydrogens (tertiary/aromatic N) is 2. The van der Waals surface area contributed by atoms with Crippen molar-refractivity contribution in [2.75, 3.05) is 11.1 Å². The van der Waals surface area contributed by atoms with E-state index in [1.165, 1.54) is 22.8 Å². The van der Waals surface area contributed by atoms with E-state index in [4.69, 9.17) is 4.98 Å². The van der Waals surface area contributed by atoms with Crippen LogP contribution in [0.2, 0.25) is 0 Å². The summed E-state index contributed by atoms with van der Waals surface area (Å²) < 4.78 is 41.6. The number of carbonyl (C=O) groups excluding carboxylic acids is 1. The van der Waals surface area contributed by atoms with E-state index >= 15 is 0 Å². The van der Waals surface area contributed by atoms with Crippen molar-refractivity contribution in [2.24, 2.45) is 0 Å². The predicted molar refractivity (Wildman–Crippen MR) is 143 cm³/mol. The van der Waals surface area contributed by atoms with Gasteiger partial charge in [0.2, 0.25) is 5.91 Å². The van der Waals surface area contributed by atoms with E-state index in [0.29, 0.717) is 10.9 Å². The van der Waals surface area contributed by atoms with E-state index in [2.05, 4.69) is 18.0 Å². The van der Waals surface area contributed by atoms with Crippen LogP contribution >= 0.6 is 11.8 Å². The molecule has 0 bridgehead atoms. The van der Waals surface area contributed by atoms with Crippen LogP contribution in [0.3, 0.4) is 0 Å². The van der Waals surface area contributed by atoms with Crippen LogP contribution in [0.15, 0.2) is 71.1 Å². The summed E-state index contributed by atoms with van der Waals surface area (Å²) in [4.78, 5) is 31.7. The van der Waals surface area contributed by atoms with Crippen LogP contribution in [0.1, 0.15) is 48.8 Å². The number of fused-ring (bicyclic) bond motifs is 4. The molecular weight excluding hydrogens is 511 g/mol. The second kappa shape index (κ2) is 10.4. The van der Waals surface area contributed by atoms with Crippen molar-refractivity contribution in [3.8, 4) is 11.3 Å². The van der Waals surface area contributed by atoms with Crippen molar-refractivity contribution in [1.29, 1.82) is 0 Å². The molecule has 38 heavy (non-hydrogen) atoms. The Morgan fingerprint density at radius 3 is 2.55 bits per heavy atom. The first-order valence-electron chi connectivity index (χ1n) is 12.7. The minimum absolute atomic E-state index is 0.128. The number of halogens is 3. The molecule has 1 amide bonds. The largest absolute Gasteiger partial charge is 0.418 e. The summed E-state index contributed by atoms with van der Waals surface area (Å²) in [6, 6.07) is 12.8. The maximum absolute atomic E-state index is 14.0. The number of hydrogen-bond donors (Lipinski definition) is 1. The first-order valence-corrected chi connectivity index (χ1v) is 13.7. The summed E-state index contributed by atoms with van der Waals surface area (Å²) in [5, 5.41) is 2.71. The van der Waals surface area contributed by atoms with E-state index in [1.54, 1.807) is 6.08 Å². The van der Waals surface area contributed by atoms with Gasteiger partial charge in [0, 0.05) is 17.5 Å². The summed E-state index contributed by atoms with van der Waals surface area (Å²) >= 11 is 1.04. The molecule has 3 aromatic rings. The maximum Gasteiger partial charge on any atom is 0.418 e. The second-order valence-corrected chi connectivity index (χ2v) is 10.8. The topological polar surface area (TPSA) is 64.0 Å². The number of para-hydroxylation sites is 1.